The first-order chi connectivity index (χ1) is 8.20. The Balaban J connectivity index is 2.24. The number of hydrogen-bond donors (Lipinski definition) is 1. The van der Waals surface area contributed by atoms with Crippen molar-refractivity contribution in [3.05, 3.63) is 42.0 Å². The second kappa shape index (κ2) is 4.76. The van der Waals surface area contributed by atoms with Crippen molar-refractivity contribution in [3.63, 3.8) is 0 Å². The summed E-state index contributed by atoms with van der Waals surface area (Å²) in [5.41, 5.74) is 0.910. The van der Waals surface area contributed by atoms with Crippen LogP contribution < -0.4 is 0 Å². The van der Waals surface area contributed by atoms with E-state index in [0.29, 0.717) is 11.3 Å². The molecule has 0 saturated heterocycles. The van der Waals surface area contributed by atoms with E-state index in [1.807, 2.05) is 6.07 Å². The van der Waals surface area contributed by atoms with Crippen LogP contribution in [0.15, 0.2) is 34.9 Å². The number of benzene rings is 1. The van der Waals surface area contributed by atoms with Crippen LogP contribution in [0.4, 0.5) is 4.39 Å². The Labute approximate surface area is 96.9 Å². The molecular formula is C12H9FN2O2. The summed E-state index contributed by atoms with van der Waals surface area (Å²) in [4.78, 5) is 4.04. The second-order valence-electron chi connectivity index (χ2n) is 3.46. The van der Waals surface area contributed by atoms with Crippen molar-refractivity contribution in [2.45, 2.75) is 12.5 Å². The molecule has 17 heavy (non-hydrogen) atoms. The van der Waals surface area contributed by atoms with Gasteiger partial charge < -0.3 is 9.52 Å². The minimum Gasteiger partial charge on any atom is -0.444 e. The predicted octanol–water partition coefficient (Wildman–Crippen LogP) is 2.43. The Kier molecular flexibility index (Phi) is 3.17. The van der Waals surface area contributed by atoms with Crippen LogP contribution in [0, 0.1) is 17.1 Å². The maximum absolute atomic E-state index is 12.7. The number of nitriles is 1. The van der Waals surface area contributed by atoms with Crippen LogP contribution in [0.3, 0.4) is 0 Å². The molecule has 0 bridgehead atoms. The maximum atomic E-state index is 12.7. The molecule has 0 spiro atoms. The van der Waals surface area contributed by atoms with Crippen LogP contribution in [-0.4, -0.2) is 10.1 Å². The number of aliphatic hydroxyl groups excluding tert-OH is 1. The average molecular weight is 232 g/mol. The quantitative estimate of drug-likeness (QED) is 0.882. The topological polar surface area (TPSA) is 70.0 Å². The summed E-state index contributed by atoms with van der Waals surface area (Å²) in [5.74, 6) is -0.0537. The number of nitrogens with zero attached hydrogens (tertiary/aromatic N) is 2. The third kappa shape index (κ3) is 2.49. The lowest BCUT2D eigenvalue weighted by molar-refractivity contribution is 0.178. The van der Waals surface area contributed by atoms with Crippen molar-refractivity contribution in [2.24, 2.45) is 0 Å². The average Bonchev–Trinajstić information content (AvgIpc) is 2.80. The highest BCUT2D eigenvalue weighted by Gasteiger charge is 2.13. The third-order valence-electron chi connectivity index (χ3n) is 2.24. The van der Waals surface area contributed by atoms with Crippen molar-refractivity contribution in [2.75, 3.05) is 0 Å². The van der Waals surface area contributed by atoms with E-state index in [9.17, 15) is 9.50 Å². The number of aromatic nitrogens is 1. The number of oxazole rings is 1. The van der Waals surface area contributed by atoms with E-state index in [1.165, 1.54) is 30.5 Å². The predicted molar refractivity (Wildman–Crippen MR) is 57.1 cm³/mol. The molecule has 0 amide bonds. The van der Waals surface area contributed by atoms with Gasteiger partial charge in [-0.05, 0) is 24.3 Å². The smallest absolute Gasteiger partial charge is 0.226 e. The Morgan fingerprint density at radius 3 is 2.76 bits per heavy atom. The fourth-order valence-electron chi connectivity index (χ4n) is 1.36. The zero-order chi connectivity index (χ0) is 12.3. The van der Waals surface area contributed by atoms with Crippen LogP contribution in [0.25, 0.3) is 11.5 Å². The van der Waals surface area contributed by atoms with Gasteiger partial charge in [0.1, 0.15) is 23.9 Å². The summed E-state index contributed by atoms with van der Waals surface area (Å²) in [5, 5.41) is 18.0. The molecule has 0 fully saturated rings. The molecule has 0 aliphatic heterocycles. The zero-order valence-corrected chi connectivity index (χ0v) is 8.80. The van der Waals surface area contributed by atoms with Gasteiger partial charge in [0.25, 0.3) is 0 Å². The first-order valence-electron chi connectivity index (χ1n) is 4.97. The van der Waals surface area contributed by atoms with Crippen molar-refractivity contribution < 1.29 is 13.9 Å². The lowest BCUT2D eigenvalue weighted by Gasteiger charge is -1.98. The fraction of sp³-hybridized carbons (Fsp3) is 0.167. The van der Waals surface area contributed by atoms with E-state index in [-0.39, 0.29) is 18.1 Å². The molecule has 1 aromatic heterocycles. The van der Waals surface area contributed by atoms with E-state index < -0.39 is 6.10 Å². The van der Waals surface area contributed by atoms with Gasteiger partial charge in [0.05, 0.1) is 12.5 Å². The van der Waals surface area contributed by atoms with E-state index in [4.69, 9.17) is 9.68 Å². The van der Waals surface area contributed by atoms with E-state index in [2.05, 4.69) is 4.98 Å². The van der Waals surface area contributed by atoms with E-state index in [0.717, 1.165) is 0 Å². The number of aliphatic hydroxyl groups is 1. The van der Waals surface area contributed by atoms with E-state index >= 15 is 0 Å². The van der Waals surface area contributed by atoms with Crippen molar-refractivity contribution in [3.8, 4) is 17.5 Å². The molecular weight excluding hydrogens is 223 g/mol. The normalized spacial score (nSPS) is 12.1. The summed E-state index contributed by atoms with van der Waals surface area (Å²) >= 11 is 0. The van der Waals surface area contributed by atoms with Gasteiger partial charge in [-0.3, -0.25) is 0 Å². The number of halogens is 1. The first-order valence-corrected chi connectivity index (χ1v) is 4.97. The largest absolute Gasteiger partial charge is 0.444 e. The molecule has 1 aromatic carbocycles. The molecule has 1 atom stereocenters. The molecule has 2 aromatic rings. The van der Waals surface area contributed by atoms with Crippen molar-refractivity contribution in [1.82, 2.24) is 4.98 Å². The van der Waals surface area contributed by atoms with Gasteiger partial charge in [-0.15, -0.1) is 0 Å². The van der Waals surface area contributed by atoms with Gasteiger partial charge in [-0.1, -0.05) is 0 Å². The Hall–Kier alpha value is -2.19. The van der Waals surface area contributed by atoms with Gasteiger partial charge in [0, 0.05) is 5.56 Å². The molecule has 5 heteroatoms. The van der Waals surface area contributed by atoms with Crippen LogP contribution in [-0.2, 0) is 0 Å². The van der Waals surface area contributed by atoms with E-state index in [1.54, 1.807) is 0 Å². The minimum atomic E-state index is -0.960. The standard InChI is InChI=1S/C12H9FN2O2/c13-9-3-1-8(2-4-9)12-15-10(7-17-12)11(16)5-6-14/h1-4,7,11,16H,5H2. The van der Waals surface area contributed by atoms with Gasteiger partial charge in [0.15, 0.2) is 0 Å². The Morgan fingerprint density at radius 2 is 2.12 bits per heavy atom. The summed E-state index contributed by atoms with van der Waals surface area (Å²) in [6.07, 6.45) is 0.286. The van der Waals surface area contributed by atoms with Gasteiger partial charge in [-0.2, -0.15) is 5.26 Å². The number of rotatable bonds is 3. The molecule has 4 nitrogen and oxygen atoms in total. The third-order valence-corrected chi connectivity index (χ3v) is 2.24. The highest BCUT2D eigenvalue weighted by atomic mass is 19.1. The molecule has 0 radical (unpaired) electrons. The highest BCUT2D eigenvalue weighted by Crippen LogP contribution is 2.22. The molecule has 1 unspecified atom stereocenters. The molecule has 2 rings (SSSR count). The second-order valence-corrected chi connectivity index (χ2v) is 3.46. The van der Waals surface area contributed by atoms with Crippen LogP contribution >= 0.6 is 0 Å². The van der Waals surface area contributed by atoms with Crippen molar-refractivity contribution >= 4 is 0 Å². The number of hydrogen-bond acceptors (Lipinski definition) is 4. The van der Waals surface area contributed by atoms with Crippen LogP contribution in [0.5, 0.6) is 0 Å². The summed E-state index contributed by atoms with van der Waals surface area (Å²) in [6.45, 7) is 0. The lowest BCUT2D eigenvalue weighted by Crippen LogP contribution is -1.95. The van der Waals surface area contributed by atoms with Crippen molar-refractivity contribution in [1.29, 1.82) is 5.26 Å². The summed E-state index contributed by atoms with van der Waals surface area (Å²) in [7, 11) is 0. The molecule has 0 aliphatic rings. The van der Waals surface area contributed by atoms with Gasteiger partial charge in [-0.25, -0.2) is 9.37 Å². The summed E-state index contributed by atoms with van der Waals surface area (Å²) < 4.78 is 17.9. The molecule has 0 saturated carbocycles. The summed E-state index contributed by atoms with van der Waals surface area (Å²) in [6, 6.07) is 7.49. The Bertz CT molecular complexity index is 542. The lowest BCUT2D eigenvalue weighted by atomic mass is 10.2. The fourth-order valence-corrected chi connectivity index (χ4v) is 1.36. The first kappa shape index (κ1) is 11.3. The molecule has 0 aliphatic carbocycles. The van der Waals surface area contributed by atoms with Gasteiger partial charge >= 0.3 is 0 Å². The van der Waals surface area contributed by atoms with Crippen LogP contribution in [0.2, 0.25) is 0 Å². The van der Waals surface area contributed by atoms with Gasteiger partial charge in [0.2, 0.25) is 5.89 Å². The minimum absolute atomic E-state index is 0.0462. The molecule has 86 valence electrons. The SMILES string of the molecule is N#CCC(O)c1coc(-c2ccc(F)cc2)n1. The maximum Gasteiger partial charge on any atom is 0.226 e. The monoisotopic (exact) mass is 232 g/mol. The van der Waals surface area contributed by atoms with Crippen LogP contribution in [0.1, 0.15) is 18.2 Å². The highest BCUT2D eigenvalue weighted by molar-refractivity contribution is 5.52. The molecule has 1 N–H and O–H groups in total. The zero-order valence-electron chi connectivity index (χ0n) is 8.80. The Morgan fingerprint density at radius 1 is 1.41 bits per heavy atom. The molecule has 1 heterocycles.